The number of esters is 1. The van der Waals surface area contributed by atoms with Crippen LogP contribution in [0.25, 0.3) is 0 Å². The van der Waals surface area contributed by atoms with Gasteiger partial charge in [-0.15, -0.1) is 0 Å². The van der Waals surface area contributed by atoms with Crippen LogP contribution < -0.4 is 0 Å². The lowest BCUT2D eigenvalue weighted by molar-refractivity contribution is -0.311. The second-order valence-electron chi connectivity index (χ2n) is 16.8. The number of Topliss-reactive ketones (excluding diaryl/α,β-unsaturated/α-hetero) is 1. The Bertz CT molecular complexity index is 1190. The first-order valence-corrected chi connectivity index (χ1v) is 19.4. The minimum atomic E-state index is -1.96. The van der Waals surface area contributed by atoms with Crippen molar-refractivity contribution >= 4 is 11.8 Å². The van der Waals surface area contributed by atoms with Crippen LogP contribution in [-0.4, -0.2) is 150 Å². The molecule has 0 amide bonds. The van der Waals surface area contributed by atoms with Crippen LogP contribution in [0.15, 0.2) is 0 Å². The number of ketones is 1. The van der Waals surface area contributed by atoms with Crippen molar-refractivity contribution in [1.29, 1.82) is 0 Å². The van der Waals surface area contributed by atoms with Gasteiger partial charge in [-0.25, -0.2) is 0 Å². The van der Waals surface area contributed by atoms with Crippen molar-refractivity contribution < 1.29 is 63.2 Å². The molecule has 14 heteroatoms. The molecule has 0 radical (unpaired) electrons. The van der Waals surface area contributed by atoms with E-state index in [9.17, 15) is 30.0 Å². The van der Waals surface area contributed by atoms with Crippen molar-refractivity contribution in [1.82, 2.24) is 4.90 Å². The molecule has 3 saturated heterocycles. The van der Waals surface area contributed by atoms with Gasteiger partial charge in [0.05, 0.1) is 48.1 Å². The Labute approximate surface area is 317 Å². The topological polar surface area (TPSA) is 183 Å². The van der Waals surface area contributed by atoms with E-state index in [-0.39, 0.29) is 37.2 Å². The molecule has 8 unspecified atom stereocenters. The predicted molar refractivity (Wildman–Crippen MR) is 196 cm³/mol. The minimum Gasteiger partial charge on any atom is -0.459 e. The third-order valence-electron chi connectivity index (χ3n) is 12.6. The van der Waals surface area contributed by atoms with Gasteiger partial charge in [-0.2, -0.15) is 0 Å². The Morgan fingerprint density at radius 1 is 0.906 bits per heavy atom. The molecule has 3 rings (SSSR count). The summed E-state index contributed by atoms with van der Waals surface area (Å²) in [5, 5.41) is 45.7. The van der Waals surface area contributed by atoms with E-state index in [1.165, 1.54) is 14.0 Å². The summed E-state index contributed by atoms with van der Waals surface area (Å²) in [7, 11) is 6.85. The third kappa shape index (κ3) is 10.2. The summed E-state index contributed by atoms with van der Waals surface area (Å²) in [4.78, 5) is 30.2. The molecule has 0 aliphatic carbocycles. The molecule has 0 saturated carbocycles. The number of carbonyl (C=O) groups is 2. The Morgan fingerprint density at radius 3 is 2.08 bits per heavy atom. The zero-order valence-corrected chi connectivity index (χ0v) is 34.6. The predicted octanol–water partition coefficient (Wildman–Crippen LogP) is 2.69. The van der Waals surface area contributed by atoms with Crippen molar-refractivity contribution in [3.05, 3.63) is 0 Å². The fourth-order valence-electron chi connectivity index (χ4n) is 8.67. The summed E-state index contributed by atoms with van der Waals surface area (Å²) in [5.41, 5.74) is -2.98. The van der Waals surface area contributed by atoms with E-state index < -0.39 is 108 Å². The van der Waals surface area contributed by atoms with Gasteiger partial charge in [-0.1, -0.05) is 27.7 Å². The smallest absolute Gasteiger partial charge is 0.311 e. The Morgan fingerprint density at radius 2 is 1.53 bits per heavy atom. The molecule has 0 aromatic rings. The van der Waals surface area contributed by atoms with Gasteiger partial charge in [0, 0.05) is 50.4 Å². The van der Waals surface area contributed by atoms with Gasteiger partial charge >= 0.3 is 5.97 Å². The Kier molecular flexibility index (Phi) is 16.3. The van der Waals surface area contributed by atoms with E-state index in [0.717, 1.165) is 0 Å². The van der Waals surface area contributed by atoms with Crippen LogP contribution >= 0.6 is 0 Å². The van der Waals surface area contributed by atoms with Crippen LogP contribution in [0.3, 0.4) is 0 Å². The van der Waals surface area contributed by atoms with E-state index in [4.69, 9.17) is 33.2 Å². The molecule has 14 nitrogen and oxygen atoms in total. The largest absolute Gasteiger partial charge is 0.459 e. The third-order valence-corrected chi connectivity index (χ3v) is 12.6. The van der Waals surface area contributed by atoms with Crippen LogP contribution in [0.4, 0.5) is 0 Å². The van der Waals surface area contributed by atoms with E-state index >= 15 is 0 Å². The Hall–Kier alpha value is -1.30. The second kappa shape index (κ2) is 18.8. The number of methoxy groups -OCH3 is 2. The molecule has 0 aromatic carbocycles. The molecule has 0 aromatic heterocycles. The molecule has 53 heavy (non-hydrogen) atoms. The zero-order chi connectivity index (χ0) is 40.3. The number of ether oxygens (including phenoxy) is 7. The maximum absolute atomic E-state index is 14.2. The van der Waals surface area contributed by atoms with E-state index in [1.807, 2.05) is 39.8 Å². The highest BCUT2D eigenvalue weighted by atomic mass is 16.7. The maximum Gasteiger partial charge on any atom is 0.311 e. The summed E-state index contributed by atoms with van der Waals surface area (Å²) in [6.45, 7) is 17.3. The van der Waals surface area contributed by atoms with Gasteiger partial charge in [0.2, 0.25) is 0 Å². The lowest BCUT2D eigenvalue weighted by Gasteiger charge is -2.48. The zero-order valence-electron chi connectivity index (χ0n) is 34.6. The highest BCUT2D eigenvalue weighted by molar-refractivity contribution is 5.83. The molecular weight excluding hydrogens is 690 g/mol. The van der Waals surface area contributed by atoms with E-state index in [1.54, 1.807) is 48.7 Å². The molecule has 4 N–H and O–H groups in total. The average Bonchev–Trinajstić information content (AvgIpc) is 3.11. The summed E-state index contributed by atoms with van der Waals surface area (Å²) < 4.78 is 43.8. The number of nitrogens with zero attached hydrogens (tertiary/aromatic N) is 1. The first-order chi connectivity index (χ1) is 24.6. The van der Waals surface area contributed by atoms with Gasteiger partial charge < -0.3 is 58.5 Å². The maximum atomic E-state index is 14.2. The molecule has 0 bridgehead atoms. The summed E-state index contributed by atoms with van der Waals surface area (Å²) in [6.07, 6.45) is -8.79. The van der Waals surface area contributed by atoms with Crippen molar-refractivity contribution in [3.8, 4) is 0 Å². The fourth-order valence-corrected chi connectivity index (χ4v) is 8.67. The number of aliphatic hydroxyl groups excluding tert-OH is 3. The molecule has 3 heterocycles. The van der Waals surface area contributed by atoms with Crippen LogP contribution in [0.5, 0.6) is 0 Å². The van der Waals surface area contributed by atoms with Crippen LogP contribution in [0, 0.1) is 29.6 Å². The van der Waals surface area contributed by atoms with E-state index in [0.29, 0.717) is 6.42 Å². The second-order valence-corrected chi connectivity index (χ2v) is 16.8. The molecule has 3 fully saturated rings. The number of aliphatic hydroxyl groups is 4. The van der Waals surface area contributed by atoms with Gasteiger partial charge in [-0.05, 0) is 74.9 Å². The fraction of sp³-hybridized carbons (Fsp3) is 0.949. The molecule has 19 atom stereocenters. The first kappa shape index (κ1) is 46.1. The van der Waals surface area contributed by atoms with Gasteiger partial charge in [0.15, 0.2) is 12.6 Å². The number of hydrogen-bond donors (Lipinski definition) is 4. The van der Waals surface area contributed by atoms with E-state index in [2.05, 4.69) is 0 Å². The molecule has 0 spiro atoms. The molecular formula is C39H71NO13. The monoisotopic (exact) mass is 761 g/mol. The standard InChI is InChI=1S/C39H71NO13/c1-15-28-39(10,46)34(43)21(4)30(41)19(2)16-26(24(7)47-13)33(53-37-31(42)27(40(11)12)17-20(3)49-37)22(5)32(23(6)36(45)51-28)52-29-18-38(9,48-14)35(44)25(8)50-29/h19-29,31-35,37,42-44,46H,15-18H2,1-14H3/t19-,20?,21+,22+,23-,24?,25?,26?,27?,28?,29+,31?,32+,33-,34-,35+,37+,38?,39-/m1/s1. The van der Waals surface area contributed by atoms with Crippen LogP contribution in [0.1, 0.15) is 94.9 Å². The highest BCUT2D eigenvalue weighted by Crippen LogP contribution is 2.40. The summed E-state index contributed by atoms with van der Waals surface area (Å²) in [6, 6.07) is -0.270. The van der Waals surface area contributed by atoms with Gasteiger partial charge in [0.25, 0.3) is 0 Å². The molecule has 310 valence electrons. The lowest BCUT2D eigenvalue weighted by atomic mass is 9.74. The number of hydrogen-bond acceptors (Lipinski definition) is 14. The van der Waals surface area contributed by atoms with Gasteiger partial charge in [-0.3, -0.25) is 9.59 Å². The first-order valence-electron chi connectivity index (χ1n) is 19.4. The molecule has 3 aliphatic heterocycles. The summed E-state index contributed by atoms with van der Waals surface area (Å²) in [5.74, 6) is -4.78. The number of rotatable bonds is 9. The van der Waals surface area contributed by atoms with Crippen molar-refractivity contribution in [3.63, 3.8) is 0 Å². The molecule has 3 aliphatic rings. The quantitative estimate of drug-likeness (QED) is 0.252. The number of carbonyl (C=O) groups excluding carboxylic acids is 2. The van der Waals surface area contributed by atoms with Crippen LogP contribution in [0.2, 0.25) is 0 Å². The lowest BCUT2D eigenvalue weighted by Crippen LogP contribution is -2.59. The van der Waals surface area contributed by atoms with Gasteiger partial charge in [0.1, 0.15) is 29.7 Å². The number of cyclic esters (lactones) is 1. The average molecular weight is 762 g/mol. The number of likely N-dealkylation sites (N-methyl/N-ethyl adjacent to an activating group) is 1. The SMILES string of the molecule is CCC1OC(=O)[C@H](C)[C@@H](O[C@H]2CC(C)(OC)[C@@H](O)C(C)O2)[C@H](C)[C@@H](O[C@@H]2OC(C)CC(N(C)C)C2O)C(C(C)OC)C[C@@H](C)C(=O)[C@H](C)[C@@H](O)[C@]1(C)O. The summed E-state index contributed by atoms with van der Waals surface area (Å²) >= 11 is 0. The highest BCUT2D eigenvalue weighted by Gasteiger charge is 2.52. The minimum absolute atomic E-state index is 0.137. The Balaban J connectivity index is 2.24. The van der Waals surface area contributed by atoms with Crippen molar-refractivity contribution in [2.75, 3.05) is 28.3 Å². The van der Waals surface area contributed by atoms with Crippen molar-refractivity contribution in [2.45, 2.75) is 180 Å². The normalized spacial score (nSPS) is 47.5. The van der Waals surface area contributed by atoms with Crippen molar-refractivity contribution in [2.24, 2.45) is 29.6 Å². The van der Waals surface area contributed by atoms with Crippen LogP contribution in [-0.2, 0) is 42.7 Å².